The van der Waals surface area contributed by atoms with Crippen molar-refractivity contribution in [3.8, 4) is 17.0 Å². The number of anilines is 2. The Bertz CT molecular complexity index is 861. The van der Waals surface area contributed by atoms with Crippen LogP contribution < -0.4 is 15.8 Å². The molecule has 0 fully saturated rings. The Hall–Kier alpha value is -2.86. The van der Waals surface area contributed by atoms with Crippen LogP contribution in [-0.4, -0.2) is 17.5 Å². The van der Waals surface area contributed by atoms with Gasteiger partial charge in [0.25, 0.3) is 5.91 Å². The smallest absolute Gasteiger partial charge is 0.262 e. The lowest BCUT2D eigenvalue weighted by Crippen LogP contribution is -2.20. The molecular formula is C18H17N3O2S. The number of aromatic nitrogens is 1. The normalized spacial score (nSPS) is 10.4. The van der Waals surface area contributed by atoms with Crippen LogP contribution in [0.4, 0.5) is 10.8 Å². The Kier molecular flexibility index (Phi) is 4.77. The summed E-state index contributed by atoms with van der Waals surface area (Å²) in [5, 5.41) is 5.25. The largest absolute Gasteiger partial charge is 0.484 e. The summed E-state index contributed by atoms with van der Waals surface area (Å²) >= 11 is 1.39. The molecule has 0 spiro atoms. The van der Waals surface area contributed by atoms with Crippen molar-refractivity contribution in [2.75, 3.05) is 17.7 Å². The van der Waals surface area contributed by atoms with E-state index < -0.39 is 0 Å². The molecule has 5 nitrogen and oxygen atoms in total. The lowest BCUT2D eigenvalue weighted by molar-refractivity contribution is -0.118. The first-order valence-electron chi connectivity index (χ1n) is 7.41. The van der Waals surface area contributed by atoms with Gasteiger partial charge in [-0.1, -0.05) is 30.3 Å². The lowest BCUT2D eigenvalue weighted by atomic mass is 10.2. The zero-order valence-corrected chi connectivity index (χ0v) is 14.0. The number of nitrogen functional groups attached to an aromatic ring is 1. The minimum Gasteiger partial charge on any atom is -0.484 e. The van der Waals surface area contributed by atoms with Gasteiger partial charge in [0.1, 0.15) is 5.75 Å². The Morgan fingerprint density at radius 2 is 2.08 bits per heavy atom. The van der Waals surface area contributed by atoms with Gasteiger partial charge in [0.05, 0.1) is 5.69 Å². The third-order valence-electron chi connectivity index (χ3n) is 3.44. The minimum atomic E-state index is -0.201. The van der Waals surface area contributed by atoms with Crippen LogP contribution in [0.3, 0.4) is 0 Å². The van der Waals surface area contributed by atoms with E-state index in [-0.39, 0.29) is 12.5 Å². The predicted octanol–water partition coefficient (Wildman–Crippen LogP) is 3.72. The van der Waals surface area contributed by atoms with Crippen LogP contribution in [0, 0.1) is 6.92 Å². The maximum Gasteiger partial charge on any atom is 0.262 e. The molecule has 0 atom stereocenters. The number of thiazole rings is 1. The number of carbonyl (C=O) groups is 1. The number of nitrogens with two attached hydrogens (primary N) is 1. The molecule has 0 saturated carbocycles. The summed E-state index contributed by atoms with van der Waals surface area (Å²) in [6, 6.07) is 15.1. The van der Waals surface area contributed by atoms with Gasteiger partial charge < -0.3 is 15.8 Å². The van der Waals surface area contributed by atoms with Crippen molar-refractivity contribution in [1.29, 1.82) is 0 Å². The number of nitrogens with zero attached hydrogens (tertiary/aromatic N) is 1. The molecule has 0 aliphatic heterocycles. The van der Waals surface area contributed by atoms with E-state index in [9.17, 15) is 4.79 Å². The molecule has 3 rings (SSSR count). The van der Waals surface area contributed by atoms with Crippen molar-refractivity contribution in [3.63, 3.8) is 0 Å². The molecule has 0 radical (unpaired) electrons. The molecule has 3 aromatic rings. The van der Waals surface area contributed by atoms with Crippen molar-refractivity contribution >= 4 is 28.1 Å². The minimum absolute atomic E-state index is 0.0585. The fourth-order valence-electron chi connectivity index (χ4n) is 2.21. The van der Waals surface area contributed by atoms with Gasteiger partial charge in [-0.25, -0.2) is 4.98 Å². The van der Waals surface area contributed by atoms with Crippen LogP contribution in [0.15, 0.2) is 53.9 Å². The topological polar surface area (TPSA) is 77.2 Å². The van der Waals surface area contributed by atoms with E-state index >= 15 is 0 Å². The van der Waals surface area contributed by atoms with Gasteiger partial charge >= 0.3 is 0 Å². The summed E-state index contributed by atoms with van der Waals surface area (Å²) in [4.78, 5) is 16.3. The van der Waals surface area contributed by atoms with E-state index in [0.717, 1.165) is 22.5 Å². The average Bonchev–Trinajstić information content (AvgIpc) is 3.02. The summed E-state index contributed by atoms with van der Waals surface area (Å²) in [6.45, 7) is 1.89. The molecule has 0 unspecified atom stereocenters. The van der Waals surface area contributed by atoms with E-state index in [1.54, 1.807) is 6.07 Å². The van der Waals surface area contributed by atoms with E-state index in [1.807, 2.05) is 54.8 Å². The van der Waals surface area contributed by atoms with Gasteiger partial charge in [-0.05, 0) is 30.7 Å². The molecule has 0 bridgehead atoms. The molecule has 24 heavy (non-hydrogen) atoms. The van der Waals surface area contributed by atoms with E-state index in [4.69, 9.17) is 10.5 Å². The number of benzene rings is 2. The number of para-hydroxylation sites is 1. The molecule has 122 valence electrons. The SMILES string of the molecule is Cc1ccccc1NC(=O)COc1cccc(-c2csc(N)n2)c1. The van der Waals surface area contributed by atoms with Crippen molar-refractivity contribution in [2.24, 2.45) is 0 Å². The first kappa shape index (κ1) is 16.0. The highest BCUT2D eigenvalue weighted by atomic mass is 32.1. The van der Waals surface area contributed by atoms with Gasteiger partial charge in [0, 0.05) is 16.6 Å². The van der Waals surface area contributed by atoms with Crippen molar-refractivity contribution in [3.05, 3.63) is 59.5 Å². The number of aryl methyl sites for hydroxylation is 1. The lowest BCUT2D eigenvalue weighted by Gasteiger charge is -2.10. The second kappa shape index (κ2) is 7.14. The molecule has 2 aromatic carbocycles. The molecule has 1 aromatic heterocycles. The molecule has 0 aliphatic carbocycles. The van der Waals surface area contributed by atoms with Crippen LogP contribution in [0.5, 0.6) is 5.75 Å². The third kappa shape index (κ3) is 3.91. The molecule has 0 aliphatic rings. The Labute approximate surface area is 144 Å². The number of carbonyl (C=O) groups excluding carboxylic acids is 1. The number of hydrogen-bond acceptors (Lipinski definition) is 5. The molecule has 1 amide bonds. The van der Waals surface area contributed by atoms with Crippen LogP contribution in [0.1, 0.15) is 5.56 Å². The summed E-state index contributed by atoms with van der Waals surface area (Å²) in [7, 11) is 0. The standard InChI is InChI=1S/C18H17N3O2S/c1-12-5-2-3-8-15(12)20-17(22)10-23-14-7-4-6-13(9-14)16-11-24-18(19)21-16/h2-9,11H,10H2,1H3,(H2,19,21)(H,20,22). The Morgan fingerprint density at radius 3 is 2.83 bits per heavy atom. The Balaban J connectivity index is 1.62. The van der Waals surface area contributed by atoms with E-state index in [1.165, 1.54) is 11.3 Å². The van der Waals surface area contributed by atoms with Crippen LogP contribution in [-0.2, 0) is 4.79 Å². The maximum absolute atomic E-state index is 12.0. The van der Waals surface area contributed by atoms with Gasteiger partial charge in [0.15, 0.2) is 11.7 Å². The first-order chi connectivity index (χ1) is 11.6. The number of amides is 1. The van der Waals surface area contributed by atoms with Gasteiger partial charge in [-0.2, -0.15) is 0 Å². The monoisotopic (exact) mass is 339 g/mol. The Morgan fingerprint density at radius 1 is 1.25 bits per heavy atom. The van der Waals surface area contributed by atoms with E-state index in [2.05, 4.69) is 10.3 Å². The number of nitrogens with one attached hydrogen (secondary N) is 1. The second-order valence-corrected chi connectivity index (χ2v) is 6.14. The fourth-order valence-corrected chi connectivity index (χ4v) is 2.79. The summed E-state index contributed by atoms with van der Waals surface area (Å²) in [5.41, 5.74) is 9.16. The van der Waals surface area contributed by atoms with Crippen LogP contribution >= 0.6 is 11.3 Å². The average molecular weight is 339 g/mol. The van der Waals surface area contributed by atoms with Crippen molar-refractivity contribution in [1.82, 2.24) is 4.98 Å². The molecular weight excluding hydrogens is 322 g/mol. The van der Waals surface area contributed by atoms with Crippen LogP contribution in [0.2, 0.25) is 0 Å². The fraction of sp³-hybridized carbons (Fsp3) is 0.111. The highest BCUT2D eigenvalue weighted by Gasteiger charge is 2.07. The van der Waals surface area contributed by atoms with Gasteiger partial charge in [-0.3, -0.25) is 4.79 Å². The molecule has 0 saturated heterocycles. The van der Waals surface area contributed by atoms with Gasteiger partial charge in [0.2, 0.25) is 0 Å². The van der Waals surface area contributed by atoms with Crippen molar-refractivity contribution in [2.45, 2.75) is 6.92 Å². The summed E-state index contributed by atoms with van der Waals surface area (Å²) in [6.07, 6.45) is 0. The number of hydrogen-bond donors (Lipinski definition) is 2. The molecule has 1 heterocycles. The number of rotatable bonds is 5. The van der Waals surface area contributed by atoms with E-state index in [0.29, 0.717) is 10.9 Å². The third-order valence-corrected chi connectivity index (χ3v) is 4.11. The quantitative estimate of drug-likeness (QED) is 0.743. The molecule has 3 N–H and O–H groups in total. The maximum atomic E-state index is 12.0. The molecule has 6 heteroatoms. The zero-order chi connectivity index (χ0) is 16.9. The first-order valence-corrected chi connectivity index (χ1v) is 8.29. The highest BCUT2D eigenvalue weighted by molar-refractivity contribution is 7.13. The summed E-state index contributed by atoms with van der Waals surface area (Å²) < 4.78 is 5.58. The van der Waals surface area contributed by atoms with Crippen LogP contribution in [0.25, 0.3) is 11.3 Å². The number of ether oxygens (including phenoxy) is 1. The zero-order valence-electron chi connectivity index (χ0n) is 13.2. The second-order valence-electron chi connectivity index (χ2n) is 5.25. The predicted molar refractivity (Wildman–Crippen MR) is 97.3 cm³/mol. The van der Waals surface area contributed by atoms with Gasteiger partial charge in [-0.15, -0.1) is 11.3 Å². The van der Waals surface area contributed by atoms with Crippen molar-refractivity contribution < 1.29 is 9.53 Å². The summed E-state index contributed by atoms with van der Waals surface area (Å²) in [5.74, 6) is 0.409. The highest BCUT2D eigenvalue weighted by Crippen LogP contribution is 2.26.